The zero-order chi connectivity index (χ0) is 35.3. The first kappa shape index (κ1) is 37.0. The lowest BCUT2D eigenvalue weighted by molar-refractivity contribution is -0.143. The van der Waals surface area contributed by atoms with Crippen LogP contribution in [-0.4, -0.2) is 47.5 Å². The summed E-state index contributed by atoms with van der Waals surface area (Å²) in [7, 11) is 0. The quantitative estimate of drug-likeness (QED) is 0.128. The molecule has 48 heavy (non-hydrogen) atoms. The van der Waals surface area contributed by atoms with Crippen LogP contribution in [0.1, 0.15) is 91.8 Å². The van der Waals surface area contributed by atoms with E-state index in [2.05, 4.69) is 4.90 Å². The Morgan fingerprint density at radius 1 is 0.979 bits per heavy atom. The van der Waals surface area contributed by atoms with Crippen LogP contribution < -0.4 is 5.56 Å². The first-order chi connectivity index (χ1) is 22.6. The molecule has 0 N–H and O–H groups in total. The van der Waals surface area contributed by atoms with Crippen molar-refractivity contribution in [1.82, 2.24) is 9.47 Å². The van der Waals surface area contributed by atoms with Crippen molar-refractivity contribution in [3.05, 3.63) is 92.1 Å². The molecule has 10 heteroatoms. The van der Waals surface area contributed by atoms with Gasteiger partial charge in [0.25, 0.3) is 5.56 Å². The lowest BCUT2D eigenvalue weighted by Crippen LogP contribution is -2.38. The molecule has 1 saturated heterocycles. The van der Waals surface area contributed by atoms with Crippen molar-refractivity contribution in [1.29, 1.82) is 0 Å². The second-order valence-corrected chi connectivity index (χ2v) is 13.4. The van der Waals surface area contributed by atoms with Crippen molar-refractivity contribution in [2.45, 2.75) is 91.8 Å². The fraction of sp³-hybridized carbons (Fsp3) is 0.500. The number of carbonyl (C=O) groups excluding carboxylic acids is 2. The molecule has 0 spiro atoms. The van der Waals surface area contributed by atoms with Gasteiger partial charge in [0.1, 0.15) is 5.82 Å². The first-order valence-corrected chi connectivity index (χ1v) is 16.7. The Morgan fingerprint density at radius 2 is 1.65 bits per heavy atom. The molecule has 2 heterocycles. The molecule has 0 bridgehead atoms. The summed E-state index contributed by atoms with van der Waals surface area (Å²) in [5.74, 6) is -4.06. The number of benzene rings is 2. The van der Waals surface area contributed by atoms with Crippen molar-refractivity contribution in [3.8, 4) is 11.1 Å². The normalized spacial score (nSPS) is 14.9. The van der Waals surface area contributed by atoms with Crippen LogP contribution in [0.2, 0.25) is 0 Å². The fourth-order valence-corrected chi connectivity index (χ4v) is 6.58. The molecular formula is C38H46F4N2O4. The van der Waals surface area contributed by atoms with Crippen LogP contribution in [0.3, 0.4) is 0 Å². The van der Waals surface area contributed by atoms with Gasteiger partial charge in [-0.05, 0) is 117 Å². The second-order valence-electron chi connectivity index (χ2n) is 13.4. The Morgan fingerprint density at radius 3 is 2.21 bits per heavy atom. The number of ether oxygens (including phenoxy) is 1. The van der Waals surface area contributed by atoms with Gasteiger partial charge in [0.2, 0.25) is 0 Å². The predicted molar refractivity (Wildman–Crippen MR) is 179 cm³/mol. The van der Waals surface area contributed by atoms with Crippen LogP contribution >= 0.6 is 0 Å². The number of carbonyl (C=O) groups is 2. The fourth-order valence-electron chi connectivity index (χ4n) is 6.58. The van der Waals surface area contributed by atoms with Crippen LogP contribution in [0, 0.1) is 32.5 Å². The summed E-state index contributed by atoms with van der Waals surface area (Å²) < 4.78 is 65.6. The molecule has 3 aromatic rings. The molecule has 0 radical (unpaired) electrons. The Labute approximate surface area is 280 Å². The first-order valence-electron chi connectivity index (χ1n) is 16.7. The van der Waals surface area contributed by atoms with E-state index in [0.717, 1.165) is 43.2 Å². The van der Waals surface area contributed by atoms with Gasteiger partial charge in [-0.3, -0.25) is 14.4 Å². The zero-order valence-electron chi connectivity index (χ0n) is 28.7. The summed E-state index contributed by atoms with van der Waals surface area (Å²) in [6, 6.07) is 7.94. The Kier molecular flexibility index (Phi) is 12.1. The summed E-state index contributed by atoms with van der Waals surface area (Å²) in [4.78, 5) is 42.8. The number of esters is 1. The van der Waals surface area contributed by atoms with E-state index < -0.39 is 59.7 Å². The van der Waals surface area contributed by atoms with E-state index in [1.165, 1.54) is 16.7 Å². The maximum atomic E-state index is 16.0. The van der Waals surface area contributed by atoms with Crippen molar-refractivity contribution < 1.29 is 31.9 Å². The third kappa shape index (κ3) is 8.81. The predicted octanol–water partition coefficient (Wildman–Crippen LogP) is 8.13. The maximum Gasteiger partial charge on any atom is 0.419 e. The molecule has 6 nitrogen and oxygen atoms in total. The van der Waals surface area contributed by atoms with E-state index in [9.17, 15) is 27.6 Å². The van der Waals surface area contributed by atoms with Crippen LogP contribution in [0.5, 0.6) is 0 Å². The minimum Gasteiger partial charge on any atom is -0.466 e. The molecule has 1 aromatic heterocycles. The highest BCUT2D eigenvalue weighted by Gasteiger charge is 2.38. The topological polar surface area (TPSA) is 68.6 Å². The Balaban J connectivity index is 1.82. The molecule has 0 saturated carbocycles. The number of hydrogen-bond donors (Lipinski definition) is 0. The van der Waals surface area contributed by atoms with E-state index in [1.807, 2.05) is 20.8 Å². The number of ketones is 1. The van der Waals surface area contributed by atoms with E-state index in [4.69, 9.17) is 4.74 Å². The highest BCUT2D eigenvalue weighted by atomic mass is 19.4. The summed E-state index contributed by atoms with van der Waals surface area (Å²) in [5, 5.41) is 0. The van der Waals surface area contributed by atoms with Crippen molar-refractivity contribution >= 4 is 11.8 Å². The van der Waals surface area contributed by atoms with Crippen LogP contribution in [-0.2, 0) is 26.9 Å². The standard InChI is InChI=1S/C38H46F4N2O4/c1-7-48-35(47)21-28(30-18-29(19-31(37(30)39)38(40,41)42)36-24(4)10-8-11-25(36)5)20-33(45)32(16-23(2)3)44-22-27(26(6)17-34(44)46)12-15-43-13-9-14-43/h8,10-11,17-19,22-23,28,32H,7,9,12-16,20-21H2,1-6H3/t28-,32?/m0/s1. The van der Waals surface area contributed by atoms with Crippen LogP contribution in [0.25, 0.3) is 11.1 Å². The number of alkyl halides is 3. The van der Waals surface area contributed by atoms with E-state index >= 15 is 4.39 Å². The summed E-state index contributed by atoms with van der Waals surface area (Å²) in [6.07, 6.45) is -2.19. The van der Waals surface area contributed by atoms with Crippen LogP contribution in [0.4, 0.5) is 17.6 Å². The molecule has 1 fully saturated rings. The van der Waals surface area contributed by atoms with Gasteiger partial charge in [-0.25, -0.2) is 4.39 Å². The third-order valence-electron chi connectivity index (χ3n) is 9.23. The highest BCUT2D eigenvalue weighted by Crippen LogP contribution is 2.41. The molecule has 0 amide bonds. The van der Waals surface area contributed by atoms with Gasteiger partial charge in [-0.1, -0.05) is 32.0 Å². The number of hydrogen-bond acceptors (Lipinski definition) is 5. The smallest absolute Gasteiger partial charge is 0.419 e. The van der Waals surface area contributed by atoms with Gasteiger partial charge in [0.15, 0.2) is 5.78 Å². The average molecular weight is 671 g/mol. The average Bonchev–Trinajstić information content (AvgIpc) is 2.96. The molecule has 2 aromatic carbocycles. The number of halogens is 4. The van der Waals surface area contributed by atoms with Gasteiger partial charge < -0.3 is 14.2 Å². The minimum atomic E-state index is -5.04. The van der Waals surface area contributed by atoms with Gasteiger partial charge in [-0.15, -0.1) is 0 Å². The summed E-state index contributed by atoms with van der Waals surface area (Å²) in [5.41, 5.74) is 1.54. The van der Waals surface area contributed by atoms with Gasteiger partial charge in [0, 0.05) is 31.1 Å². The largest absolute Gasteiger partial charge is 0.466 e. The zero-order valence-corrected chi connectivity index (χ0v) is 28.7. The molecule has 2 atom stereocenters. The number of aromatic nitrogens is 1. The van der Waals surface area contributed by atoms with Gasteiger partial charge in [-0.2, -0.15) is 13.2 Å². The molecule has 1 aliphatic rings. The van der Waals surface area contributed by atoms with E-state index in [0.29, 0.717) is 23.1 Å². The van der Waals surface area contributed by atoms with Gasteiger partial charge in [0.05, 0.1) is 24.6 Å². The lowest BCUT2D eigenvalue weighted by Gasteiger charge is -2.31. The number of aryl methyl sites for hydroxylation is 3. The summed E-state index contributed by atoms with van der Waals surface area (Å²) in [6.45, 7) is 13.6. The lowest BCUT2D eigenvalue weighted by atomic mass is 9.83. The SMILES string of the molecule is CCOC(=O)C[C@H](CC(=O)C(CC(C)C)n1cc(CCN2CCC2)c(C)cc1=O)c1cc(-c2c(C)cccc2C)cc(C(F)(F)F)c1F. The number of likely N-dealkylation sites (tertiary alicyclic amines) is 1. The number of pyridine rings is 1. The molecule has 1 aliphatic heterocycles. The molecular weight excluding hydrogens is 624 g/mol. The second kappa shape index (κ2) is 15.6. The Bertz CT molecular complexity index is 1670. The number of nitrogens with zero attached hydrogens (tertiary/aromatic N) is 2. The minimum absolute atomic E-state index is 0.00711. The Hall–Kier alpha value is -3.79. The summed E-state index contributed by atoms with van der Waals surface area (Å²) >= 11 is 0. The highest BCUT2D eigenvalue weighted by molar-refractivity contribution is 5.84. The van der Waals surface area contributed by atoms with E-state index in [-0.39, 0.29) is 30.1 Å². The van der Waals surface area contributed by atoms with Crippen molar-refractivity contribution in [2.75, 3.05) is 26.2 Å². The third-order valence-corrected chi connectivity index (χ3v) is 9.23. The number of rotatable bonds is 14. The molecule has 1 unspecified atom stereocenters. The van der Waals surface area contributed by atoms with Crippen molar-refractivity contribution in [2.24, 2.45) is 5.92 Å². The van der Waals surface area contributed by atoms with Gasteiger partial charge >= 0.3 is 12.1 Å². The van der Waals surface area contributed by atoms with Crippen LogP contribution in [0.15, 0.2) is 47.4 Å². The molecule has 4 rings (SSSR count). The van der Waals surface area contributed by atoms with E-state index in [1.54, 1.807) is 45.2 Å². The maximum absolute atomic E-state index is 16.0. The monoisotopic (exact) mass is 670 g/mol. The van der Waals surface area contributed by atoms with Crippen molar-refractivity contribution in [3.63, 3.8) is 0 Å². The molecule has 0 aliphatic carbocycles. The molecule has 260 valence electrons. The number of Topliss-reactive ketones (excluding diaryl/α,β-unsaturated/α-hetero) is 1.